The zero-order chi connectivity index (χ0) is 17.5. The van der Waals surface area contributed by atoms with Crippen molar-refractivity contribution in [3.05, 3.63) is 0 Å². The highest BCUT2D eigenvalue weighted by atomic mass is 16.5. The number of carboxylic acids is 1. The Hall–Kier alpha value is -1.67. The van der Waals surface area contributed by atoms with Gasteiger partial charge < -0.3 is 25.6 Å². The van der Waals surface area contributed by atoms with E-state index in [1.54, 1.807) is 0 Å². The number of carboxylic acid groups (broad SMARTS) is 1. The molecule has 0 aromatic carbocycles. The van der Waals surface area contributed by atoms with Gasteiger partial charge in [-0.25, -0.2) is 4.79 Å². The number of rotatable bonds is 9. The van der Waals surface area contributed by atoms with Gasteiger partial charge in [-0.1, -0.05) is 19.8 Å². The molecule has 0 aromatic heterocycles. The highest BCUT2D eigenvalue weighted by Crippen LogP contribution is 2.35. The molecule has 0 aliphatic heterocycles. The maximum atomic E-state index is 11.9. The molecule has 1 aliphatic carbocycles. The predicted molar refractivity (Wildman–Crippen MR) is 81.6 cm³/mol. The van der Waals surface area contributed by atoms with Crippen LogP contribution in [0.2, 0.25) is 0 Å². The fourth-order valence-electron chi connectivity index (χ4n) is 2.75. The molecular weight excluding hydrogens is 304 g/mol. The summed E-state index contributed by atoms with van der Waals surface area (Å²) < 4.78 is 10.6. The molecule has 0 bridgehead atoms. The van der Waals surface area contributed by atoms with E-state index < -0.39 is 36.4 Å². The zero-order valence-corrected chi connectivity index (χ0v) is 13.7. The van der Waals surface area contributed by atoms with E-state index in [1.807, 2.05) is 6.92 Å². The van der Waals surface area contributed by atoms with E-state index >= 15 is 0 Å². The second-order valence-electron chi connectivity index (χ2n) is 5.84. The van der Waals surface area contributed by atoms with Crippen LogP contribution in [0.15, 0.2) is 0 Å². The van der Waals surface area contributed by atoms with Crippen molar-refractivity contribution in [3.63, 3.8) is 0 Å². The van der Waals surface area contributed by atoms with Crippen LogP contribution in [0.3, 0.4) is 0 Å². The molecular formula is C15H26N2O6. The number of aliphatic carboxylic acids is 1. The van der Waals surface area contributed by atoms with Crippen LogP contribution in [-0.2, 0) is 23.9 Å². The van der Waals surface area contributed by atoms with Gasteiger partial charge in [-0.2, -0.15) is 0 Å². The molecule has 0 spiro atoms. The Morgan fingerprint density at radius 2 is 1.91 bits per heavy atom. The van der Waals surface area contributed by atoms with E-state index in [-0.39, 0.29) is 12.2 Å². The van der Waals surface area contributed by atoms with Crippen molar-refractivity contribution in [3.8, 4) is 0 Å². The van der Waals surface area contributed by atoms with Gasteiger partial charge in [-0.3, -0.25) is 9.59 Å². The van der Waals surface area contributed by atoms with Gasteiger partial charge in [0.2, 0.25) is 5.91 Å². The molecule has 8 heteroatoms. The van der Waals surface area contributed by atoms with Crippen LogP contribution >= 0.6 is 0 Å². The highest BCUT2D eigenvalue weighted by Gasteiger charge is 2.35. The van der Waals surface area contributed by atoms with Gasteiger partial charge in [-0.15, -0.1) is 0 Å². The molecule has 0 heterocycles. The standard InChI is InChI=1S/C15H26N2O6/c1-3-15(6-4-5-7-15)23-9-11(14(21)22-2)17-13(20)10(16)8-12(18)19/h10-11H,3-9,16H2,1-2H3,(H,17,20)(H,18,19)/t10-,11-/m0/s1. The molecule has 2 atom stereocenters. The highest BCUT2D eigenvalue weighted by molar-refractivity contribution is 5.89. The summed E-state index contributed by atoms with van der Waals surface area (Å²) in [6.45, 7) is 2.01. The van der Waals surface area contributed by atoms with Crippen molar-refractivity contribution in [1.82, 2.24) is 5.32 Å². The number of carbonyl (C=O) groups is 3. The Kier molecular flexibility index (Phi) is 7.44. The first-order valence-corrected chi connectivity index (χ1v) is 7.83. The third-order valence-corrected chi connectivity index (χ3v) is 4.25. The van der Waals surface area contributed by atoms with Crippen molar-refractivity contribution in [2.24, 2.45) is 5.73 Å². The quantitative estimate of drug-likeness (QED) is 0.515. The van der Waals surface area contributed by atoms with Gasteiger partial charge in [0.15, 0.2) is 6.04 Å². The normalized spacial score (nSPS) is 18.9. The minimum Gasteiger partial charge on any atom is -0.481 e. The lowest BCUT2D eigenvalue weighted by Crippen LogP contribution is -2.52. The van der Waals surface area contributed by atoms with E-state index in [0.717, 1.165) is 32.1 Å². The third kappa shape index (κ3) is 5.80. The van der Waals surface area contributed by atoms with Gasteiger partial charge in [0.25, 0.3) is 0 Å². The van der Waals surface area contributed by atoms with E-state index in [1.165, 1.54) is 7.11 Å². The van der Waals surface area contributed by atoms with Crippen LogP contribution in [0.1, 0.15) is 45.4 Å². The number of nitrogens with one attached hydrogen (secondary N) is 1. The molecule has 1 rings (SSSR count). The number of carbonyl (C=O) groups excluding carboxylic acids is 2. The summed E-state index contributed by atoms with van der Waals surface area (Å²) in [4.78, 5) is 34.3. The van der Waals surface area contributed by atoms with Crippen molar-refractivity contribution in [1.29, 1.82) is 0 Å². The molecule has 132 valence electrons. The Labute approximate surface area is 135 Å². The lowest BCUT2D eigenvalue weighted by molar-refractivity contribution is -0.150. The van der Waals surface area contributed by atoms with Crippen LogP contribution in [0.5, 0.6) is 0 Å². The van der Waals surface area contributed by atoms with E-state index in [0.29, 0.717) is 0 Å². The summed E-state index contributed by atoms with van der Waals surface area (Å²) >= 11 is 0. The molecule has 0 aromatic rings. The maximum Gasteiger partial charge on any atom is 0.330 e. The molecule has 23 heavy (non-hydrogen) atoms. The second kappa shape index (κ2) is 8.83. The first-order valence-electron chi connectivity index (χ1n) is 7.83. The van der Waals surface area contributed by atoms with Crippen molar-refractivity contribution in [2.75, 3.05) is 13.7 Å². The molecule has 4 N–H and O–H groups in total. The van der Waals surface area contributed by atoms with Gasteiger partial charge in [0, 0.05) is 0 Å². The average molecular weight is 330 g/mol. The number of methoxy groups -OCH3 is 1. The van der Waals surface area contributed by atoms with E-state index in [9.17, 15) is 14.4 Å². The summed E-state index contributed by atoms with van der Waals surface area (Å²) in [5.74, 6) is -2.55. The molecule has 1 amide bonds. The molecule has 0 saturated heterocycles. The minimum atomic E-state index is -1.23. The first kappa shape index (κ1) is 19.4. The van der Waals surface area contributed by atoms with Crippen molar-refractivity contribution < 1.29 is 29.0 Å². The van der Waals surface area contributed by atoms with Gasteiger partial charge >= 0.3 is 11.9 Å². The summed E-state index contributed by atoms with van der Waals surface area (Å²) in [6, 6.07) is -2.23. The summed E-state index contributed by atoms with van der Waals surface area (Å²) in [5.41, 5.74) is 5.23. The number of ether oxygens (including phenoxy) is 2. The largest absolute Gasteiger partial charge is 0.481 e. The Morgan fingerprint density at radius 1 is 1.30 bits per heavy atom. The van der Waals surface area contributed by atoms with Gasteiger partial charge in [-0.05, 0) is 19.3 Å². The number of hydrogen-bond donors (Lipinski definition) is 3. The Morgan fingerprint density at radius 3 is 2.39 bits per heavy atom. The summed E-state index contributed by atoms with van der Waals surface area (Å²) in [6.07, 6.45) is 4.31. The number of hydrogen-bond acceptors (Lipinski definition) is 6. The fraction of sp³-hybridized carbons (Fsp3) is 0.800. The lowest BCUT2D eigenvalue weighted by atomic mass is 9.99. The number of nitrogens with two attached hydrogens (primary N) is 1. The average Bonchev–Trinajstić information content (AvgIpc) is 2.99. The molecule has 8 nitrogen and oxygen atoms in total. The fourth-order valence-corrected chi connectivity index (χ4v) is 2.75. The minimum absolute atomic E-state index is 0.0218. The van der Waals surface area contributed by atoms with Gasteiger partial charge in [0.05, 0.1) is 31.8 Å². The smallest absolute Gasteiger partial charge is 0.330 e. The maximum absolute atomic E-state index is 11.9. The molecule has 1 saturated carbocycles. The zero-order valence-electron chi connectivity index (χ0n) is 13.7. The van der Waals surface area contributed by atoms with Crippen LogP contribution in [0, 0.1) is 0 Å². The lowest BCUT2D eigenvalue weighted by Gasteiger charge is -2.30. The second-order valence-corrected chi connectivity index (χ2v) is 5.84. The van der Waals surface area contributed by atoms with Crippen LogP contribution < -0.4 is 11.1 Å². The molecule has 1 fully saturated rings. The van der Waals surface area contributed by atoms with Crippen LogP contribution in [0.25, 0.3) is 0 Å². The van der Waals surface area contributed by atoms with Crippen LogP contribution in [0.4, 0.5) is 0 Å². The summed E-state index contributed by atoms with van der Waals surface area (Å²) in [5, 5.41) is 11.1. The molecule has 0 unspecified atom stereocenters. The topological polar surface area (TPSA) is 128 Å². The van der Waals surface area contributed by atoms with Crippen LogP contribution in [-0.4, -0.2) is 54.4 Å². The first-order chi connectivity index (χ1) is 10.8. The van der Waals surface area contributed by atoms with Crippen molar-refractivity contribution >= 4 is 17.8 Å². The third-order valence-electron chi connectivity index (χ3n) is 4.25. The van der Waals surface area contributed by atoms with Crippen molar-refractivity contribution in [2.45, 2.75) is 63.1 Å². The Bertz CT molecular complexity index is 434. The Balaban J connectivity index is 2.64. The van der Waals surface area contributed by atoms with Gasteiger partial charge in [0.1, 0.15) is 0 Å². The SMILES string of the molecule is CCC1(OC[C@H](NC(=O)[C@@H](N)CC(=O)O)C(=O)OC)CCCC1. The molecule has 0 radical (unpaired) electrons. The van der Waals surface area contributed by atoms with E-state index in [2.05, 4.69) is 10.1 Å². The predicted octanol–water partition coefficient (Wildman–Crippen LogP) is 0.186. The molecule has 1 aliphatic rings. The number of esters is 1. The number of amides is 1. The monoisotopic (exact) mass is 330 g/mol. The van der Waals surface area contributed by atoms with E-state index in [4.69, 9.17) is 15.6 Å². The summed E-state index contributed by atoms with van der Waals surface area (Å²) in [7, 11) is 1.21.